The molecule has 0 heterocycles. The summed E-state index contributed by atoms with van der Waals surface area (Å²) in [7, 11) is 0. The van der Waals surface area contributed by atoms with Crippen molar-refractivity contribution >= 4 is 0 Å². The number of ether oxygens (including phenoxy) is 1. The van der Waals surface area contributed by atoms with E-state index in [-0.39, 0.29) is 12.2 Å². The van der Waals surface area contributed by atoms with E-state index in [1.54, 1.807) is 6.92 Å². The molecule has 1 aliphatic carbocycles. The minimum absolute atomic E-state index is 0.0933. The Morgan fingerprint density at radius 1 is 1.38 bits per heavy atom. The van der Waals surface area contributed by atoms with E-state index in [2.05, 4.69) is 0 Å². The Morgan fingerprint density at radius 2 is 2.19 bits per heavy atom. The Hall–Kier alpha value is -1.06. The third-order valence-electron chi connectivity index (χ3n) is 3.05. The van der Waals surface area contributed by atoms with Crippen LogP contribution in [0.1, 0.15) is 37.9 Å². The Kier molecular flexibility index (Phi) is 3.46. The van der Waals surface area contributed by atoms with Crippen molar-refractivity contribution in [3.8, 4) is 5.75 Å². The molecule has 0 spiro atoms. The van der Waals surface area contributed by atoms with Gasteiger partial charge in [0.05, 0.1) is 12.2 Å². The third kappa shape index (κ3) is 2.54. The van der Waals surface area contributed by atoms with E-state index < -0.39 is 6.10 Å². The van der Waals surface area contributed by atoms with Gasteiger partial charge in [0.1, 0.15) is 11.9 Å². The van der Waals surface area contributed by atoms with Crippen LogP contribution in [0.5, 0.6) is 5.75 Å². The van der Waals surface area contributed by atoms with Crippen molar-refractivity contribution < 1.29 is 14.9 Å². The summed E-state index contributed by atoms with van der Waals surface area (Å²) < 4.78 is 5.72. The van der Waals surface area contributed by atoms with E-state index in [4.69, 9.17) is 4.74 Å². The Morgan fingerprint density at radius 3 is 2.81 bits per heavy atom. The number of hydrogen-bond donors (Lipinski definition) is 2. The molecule has 88 valence electrons. The first kappa shape index (κ1) is 11.4. The first-order valence-corrected chi connectivity index (χ1v) is 5.79. The van der Waals surface area contributed by atoms with Crippen LogP contribution in [0.25, 0.3) is 0 Å². The van der Waals surface area contributed by atoms with Gasteiger partial charge in [-0.2, -0.15) is 0 Å². The highest BCUT2D eigenvalue weighted by Gasteiger charge is 2.26. The monoisotopic (exact) mass is 222 g/mol. The van der Waals surface area contributed by atoms with Crippen molar-refractivity contribution in [1.29, 1.82) is 0 Å². The van der Waals surface area contributed by atoms with Crippen LogP contribution in [0.4, 0.5) is 0 Å². The lowest BCUT2D eigenvalue weighted by Gasteiger charge is -2.17. The first-order chi connectivity index (χ1) is 7.66. The minimum Gasteiger partial charge on any atom is -0.488 e. The molecule has 3 heteroatoms. The molecule has 0 bridgehead atoms. The molecule has 3 nitrogen and oxygen atoms in total. The quantitative estimate of drug-likeness (QED) is 0.822. The van der Waals surface area contributed by atoms with Crippen molar-refractivity contribution in [2.75, 3.05) is 0 Å². The maximum absolute atomic E-state index is 9.65. The van der Waals surface area contributed by atoms with Gasteiger partial charge in [-0.1, -0.05) is 12.1 Å². The molecular weight excluding hydrogens is 204 g/mol. The van der Waals surface area contributed by atoms with E-state index in [0.29, 0.717) is 0 Å². The molecule has 1 fully saturated rings. The van der Waals surface area contributed by atoms with Crippen LogP contribution in [0.2, 0.25) is 0 Å². The summed E-state index contributed by atoms with van der Waals surface area (Å²) in [4.78, 5) is 0. The minimum atomic E-state index is -0.489. The van der Waals surface area contributed by atoms with Gasteiger partial charge in [-0.3, -0.25) is 0 Å². The molecule has 2 unspecified atom stereocenters. The van der Waals surface area contributed by atoms with Crippen LogP contribution in [0, 0.1) is 0 Å². The van der Waals surface area contributed by atoms with E-state index >= 15 is 0 Å². The first-order valence-electron chi connectivity index (χ1n) is 5.79. The zero-order valence-electron chi connectivity index (χ0n) is 9.47. The Labute approximate surface area is 95.7 Å². The van der Waals surface area contributed by atoms with Crippen LogP contribution in [0.15, 0.2) is 24.3 Å². The van der Waals surface area contributed by atoms with Gasteiger partial charge in [-0.25, -0.2) is 0 Å². The molecule has 1 saturated carbocycles. The van der Waals surface area contributed by atoms with E-state index in [1.807, 2.05) is 24.3 Å². The van der Waals surface area contributed by atoms with Crippen molar-refractivity contribution in [2.45, 2.75) is 44.5 Å². The van der Waals surface area contributed by atoms with E-state index in [1.165, 1.54) is 0 Å². The van der Waals surface area contributed by atoms with Gasteiger partial charge in [-0.05, 0) is 43.9 Å². The van der Waals surface area contributed by atoms with Crippen molar-refractivity contribution in [3.05, 3.63) is 29.8 Å². The van der Waals surface area contributed by atoms with Crippen LogP contribution in [-0.4, -0.2) is 22.4 Å². The van der Waals surface area contributed by atoms with Gasteiger partial charge in [0, 0.05) is 0 Å². The molecule has 16 heavy (non-hydrogen) atoms. The fourth-order valence-electron chi connectivity index (χ4n) is 2.07. The molecule has 2 N–H and O–H groups in total. The number of aliphatic hydroxyl groups is 2. The summed E-state index contributed by atoms with van der Waals surface area (Å²) in [6.45, 7) is 1.73. The number of rotatable bonds is 3. The normalized spacial score (nSPS) is 26.7. The van der Waals surface area contributed by atoms with Crippen molar-refractivity contribution in [2.24, 2.45) is 0 Å². The third-order valence-corrected chi connectivity index (χ3v) is 3.05. The van der Waals surface area contributed by atoms with Gasteiger partial charge < -0.3 is 14.9 Å². The molecule has 1 aromatic carbocycles. The van der Waals surface area contributed by atoms with Gasteiger partial charge in [0.15, 0.2) is 0 Å². The second-order valence-corrected chi connectivity index (χ2v) is 4.40. The highest BCUT2D eigenvalue weighted by atomic mass is 16.5. The number of benzene rings is 1. The maximum Gasteiger partial charge on any atom is 0.124 e. The summed E-state index contributed by atoms with van der Waals surface area (Å²) in [6, 6.07) is 7.41. The lowest BCUT2D eigenvalue weighted by atomic mass is 10.1. The van der Waals surface area contributed by atoms with Gasteiger partial charge in [0.25, 0.3) is 0 Å². The smallest absolute Gasteiger partial charge is 0.124 e. The van der Waals surface area contributed by atoms with Crippen molar-refractivity contribution in [1.82, 2.24) is 0 Å². The number of aliphatic hydroxyl groups excluding tert-OH is 2. The largest absolute Gasteiger partial charge is 0.488 e. The van der Waals surface area contributed by atoms with Crippen LogP contribution < -0.4 is 4.74 Å². The average Bonchev–Trinajstić information content (AvgIpc) is 2.65. The molecule has 1 aliphatic rings. The molecule has 0 amide bonds. The second kappa shape index (κ2) is 4.85. The predicted octanol–water partition coefficient (Wildman–Crippen LogP) is 2.03. The second-order valence-electron chi connectivity index (χ2n) is 4.40. The molecule has 0 saturated heterocycles. The zero-order chi connectivity index (χ0) is 11.5. The summed E-state index contributed by atoms with van der Waals surface area (Å²) in [5.41, 5.74) is 0.838. The Balaban J connectivity index is 2.06. The highest BCUT2D eigenvalue weighted by molar-refractivity contribution is 5.29. The van der Waals surface area contributed by atoms with Gasteiger partial charge in [-0.15, -0.1) is 0 Å². The molecule has 0 aliphatic heterocycles. The molecule has 0 radical (unpaired) electrons. The lowest BCUT2D eigenvalue weighted by molar-refractivity contribution is 0.0602. The summed E-state index contributed by atoms with van der Waals surface area (Å²) in [6.07, 6.45) is 1.81. The Bertz CT molecular complexity index is 349. The molecule has 2 rings (SSSR count). The molecule has 1 aromatic rings. The highest BCUT2D eigenvalue weighted by Crippen LogP contribution is 2.26. The van der Waals surface area contributed by atoms with Gasteiger partial charge in [0.2, 0.25) is 0 Å². The fraction of sp³-hybridized carbons (Fsp3) is 0.538. The summed E-state index contributed by atoms with van der Waals surface area (Å²) in [5, 5.41) is 19.1. The maximum atomic E-state index is 9.65. The topological polar surface area (TPSA) is 49.7 Å². The average molecular weight is 222 g/mol. The number of hydrogen-bond acceptors (Lipinski definition) is 3. The molecular formula is C13H18O3. The summed E-state index contributed by atoms with van der Waals surface area (Å²) >= 11 is 0. The SMILES string of the molecule is C[C@H](O)c1cccc(OC2CCCC2O)c1. The van der Waals surface area contributed by atoms with E-state index in [9.17, 15) is 10.2 Å². The molecule has 0 aromatic heterocycles. The lowest BCUT2D eigenvalue weighted by Crippen LogP contribution is -2.25. The van der Waals surface area contributed by atoms with Crippen LogP contribution >= 0.6 is 0 Å². The predicted molar refractivity (Wildman–Crippen MR) is 61.3 cm³/mol. The summed E-state index contributed by atoms with van der Waals surface area (Å²) in [5.74, 6) is 0.726. The molecule has 3 atom stereocenters. The van der Waals surface area contributed by atoms with Crippen molar-refractivity contribution in [3.63, 3.8) is 0 Å². The standard InChI is InChI=1S/C13H18O3/c1-9(14)10-4-2-5-11(8-10)16-13-7-3-6-12(13)15/h2,4-5,8-9,12-15H,3,6-7H2,1H3/t9-,12?,13?/m0/s1. The van der Waals surface area contributed by atoms with Crippen LogP contribution in [-0.2, 0) is 0 Å². The van der Waals surface area contributed by atoms with Crippen LogP contribution in [0.3, 0.4) is 0 Å². The fourth-order valence-corrected chi connectivity index (χ4v) is 2.07. The van der Waals surface area contributed by atoms with E-state index in [0.717, 1.165) is 30.6 Å². The van der Waals surface area contributed by atoms with Gasteiger partial charge >= 0.3 is 0 Å². The zero-order valence-corrected chi connectivity index (χ0v) is 9.47.